The van der Waals surface area contributed by atoms with Crippen LogP contribution in [-0.4, -0.2) is 64.0 Å². The Bertz CT molecular complexity index is 672. The van der Waals surface area contributed by atoms with Crippen molar-refractivity contribution in [2.24, 2.45) is 11.8 Å². The molecule has 0 amide bonds. The van der Waals surface area contributed by atoms with Crippen LogP contribution in [0.1, 0.15) is 49.5 Å². The predicted molar refractivity (Wildman–Crippen MR) is 93.7 cm³/mol. The average Bonchev–Trinajstić information content (AvgIpc) is 3.31. The molecule has 0 spiro atoms. The summed E-state index contributed by atoms with van der Waals surface area (Å²) in [7, 11) is 1.80. The number of carbonyl (C=O) groups is 1. The highest BCUT2D eigenvalue weighted by molar-refractivity contribution is 5.73. The molecule has 0 radical (unpaired) electrons. The number of hydrogen-bond donors (Lipinski definition) is 1. The summed E-state index contributed by atoms with van der Waals surface area (Å²) in [6.07, 6.45) is 2.96. The highest BCUT2D eigenvalue weighted by Gasteiger charge is 2.38. The molecule has 158 valence electrons. The molecule has 1 atom stereocenters. The van der Waals surface area contributed by atoms with E-state index in [2.05, 4.69) is 19.9 Å². The number of ether oxygens (including phenoxy) is 1. The van der Waals surface area contributed by atoms with Gasteiger partial charge in [0.25, 0.3) is 0 Å². The second-order valence-corrected chi connectivity index (χ2v) is 7.86. The van der Waals surface area contributed by atoms with Crippen molar-refractivity contribution >= 4 is 5.97 Å². The number of halogens is 3. The van der Waals surface area contributed by atoms with E-state index in [1.165, 1.54) is 50.0 Å². The van der Waals surface area contributed by atoms with E-state index in [1.54, 1.807) is 7.11 Å². The van der Waals surface area contributed by atoms with Gasteiger partial charge in [0, 0.05) is 33.2 Å². The normalized spacial score (nSPS) is 22.8. The van der Waals surface area contributed by atoms with Crippen LogP contribution in [0.2, 0.25) is 0 Å². The minimum Gasteiger partial charge on any atom is -0.475 e. The van der Waals surface area contributed by atoms with Gasteiger partial charge in [-0.15, -0.1) is 5.10 Å². The number of hydrogen-bond acceptors (Lipinski definition) is 5. The van der Waals surface area contributed by atoms with Crippen LogP contribution >= 0.6 is 0 Å². The van der Waals surface area contributed by atoms with Crippen molar-refractivity contribution < 1.29 is 27.8 Å². The predicted octanol–water partition coefficient (Wildman–Crippen LogP) is 2.67. The van der Waals surface area contributed by atoms with Crippen LogP contribution in [0.5, 0.6) is 0 Å². The van der Waals surface area contributed by atoms with Crippen molar-refractivity contribution in [1.29, 1.82) is 0 Å². The fraction of sp³-hybridized carbons (Fsp3) is 0.833. The number of aromatic nitrogens is 3. The first kappa shape index (κ1) is 21.0. The summed E-state index contributed by atoms with van der Waals surface area (Å²) in [5, 5.41) is 16.1. The lowest BCUT2D eigenvalue weighted by molar-refractivity contribution is -0.192. The molecule has 0 saturated heterocycles. The first-order chi connectivity index (χ1) is 13.3. The van der Waals surface area contributed by atoms with Crippen LogP contribution < -0.4 is 0 Å². The molecule has 1 N–H and O–H groups in total. The molecule has 2 heterocycles. The SMILES string of the molecule is COCC1c2nnn(CC3CC3)c2CCN1CC1CCC1.O=C(O)C(F)(F)F. The standard InChI is InChI=1S/C16H26N4O.C2HF3O2/c1-21-11-15-16-14(20(18-17-16)10-13-5-6-13)7-8-19(15)9-12-3-2-4-12;3-2(4,5)1(6)7/h12-13,15H,2-11H2,1H3;(H,6,7). The minimum atomic E-state index is -5.08. The summed E-state index contributed by atoms with van der Waals surface area (Å²) < 4.78 is 39.4. The van der Waals surface area contributed by atoms with E-state index >= 15 is 0 Å². The van der Waals surface area contributed by atoms with Crippen molar-refractivity contribution in [1.82, 2.24) is 19.9 Å². The Morgan fingerprint density at radius 3 is 2.36 bits per heavy atom. The minimum absolute atomic E-state index is 0.312. The van der Waals surface area contributed by atoms with Crippen molar-refractivity contribution in [3.05, 3.63) is 11.4 Å². The van der Waals surface area contributed by atoms with E-state index in [9.17, 15) is 13.2 Å². The van der Waals surface area contributed by atoms with Crippen molar-refractivity contribution in [3.63, 3.8) is 0 Å². The van der Waals surface area contributed by atoms with Gasteiger partial charge in [-0.05, 0) is 37.5 Å². The Balaban J connectivity index is 0.000000279. The van der Waals surface area contributed by atoms with Gasteiger partial charge in [-0.25, -0.2) is 9.48 Å². The third-order valence-electron chi connectivity index (χ3n) is 5.67. The van der Waals surface area contributed by atoms with Crippen molar-refractivity contribution in [3.8, 4) is 0 Å². The van der Waals surface area contributed by atoms with Gasteiger partial charge in [-0.1, -0.05) is 11.6 Å². The van der Waals surface area contributed by atoms with E-state index in [4.69, 9.17) is 14.6 Å². The summed E-state index contributed by atoms with van der Waals surface area (Å²) in [4.78, 5) is 11.5. The molecule has 3 aliphatic rings. The molecule has 1 aromatic heterocycles. The fourth-order valence-corrected chi connectivity index (χ4v) is 3.70. The Kier molecular flexibility index (Phi) is 6.59. The lowest BCUT2D eigenvalue weighted by Crippen LogP contribution is -2.42. The Morgan fingerprint density at radius 2 is 1.86 bits per heavy atom. The second kappa shape index (κ2) is 8.77. The molecule has 2 aliphatic carbocycles. The smallest absolute Gasteiger partial charge is 0.475 e. The number of fused-ring (bicyclic) bond motifs is 1. The van der Waals surface area contributed by atoms with Gasteiger partial charge in [0.2, 0.25) is 0 Å². The Labute approximate surface area is 161 Å². The lowest BCUT2D eigenvalue weighted by atomic mass is 9.84. The first-order valence-corrected chi connectivity index (χ1v) is 9.75. The van der Waals surface area contributed by atoms with Gasteiger partial charge in [0.1, 0.15) is 5.69 Å². The number of rotatable bonds is 6. The number of carboxylic acids is 1. The maximum Gasteiger partial charge on any atom is 0.490 e. The van der Waals surface area contributed by atoms with Crippen LogP contribution in [-0.2, 0) is 22.5 Å². The zero-order chi connectivity index (χ0) is 20.3. The molecule has 1 aliphatic heterocycles. The third kappa shape index (κ3) is 5.22. The molecule has 1 aromatic rings. The highest BCUT2D eigenvalue weighted by Crippen LogP contribution is 2.35. The van der Waals surface area contributed by atoms with E-state index in [-0.39, 0.29) is 0 Å². The Morgan fingerprint density at radius 1 is 1.21 bits per heavy atom. The van der Waals surface area contributed by atoms with Gasteiger partial charge in [0.15, 0.2) is 0 Å². The summed E-state index contributed by atoms with van der Waals surface area (Å²) >= 11 is 0. The number of carboxylic acid groups (broad SMARTS) is 1. The fourth-order valence-electron chi connectivity index (χ4n) is 3.70. The van der Waals surface area contributed by atoms with Crippen LogP contribution in [0.15, 0.2) is 0 Å². The largest absolute Gasteiger partial charge is 0.490 e. The van der Waals surface area contributed by atoms with E-state index in [0.717, 1.165) is 38.0 Å². The van der Waals surface area contributed by atoms with Crippen molar-refractivity contribution in [2.45, 2.75) is 57.3 Å². The zero-order valence-electron chi connectivity index (χ0n) is 16.0. The molecule has 28 heavy (non-hydrogen) atoms. The van der Waals surface area contributed by atoms with Gasteiger partial charge >= 0.3 is 12.1 Å². The first-order valence-electron chi connectivity index (χ1n) is 9.75. The van der Waals surface area contributed by atoms with Crippen LogP contribution in [0.3, 0.4) is 0 Å². The third-order valence-corrected chi connectivity index (χ3v) is 5.67. The summed E-state index contributed by atoms with van der Waals surface area (Å²) in [5.41, 5.74) is 2.55. The van der Waals surface area contributed by atoms with Gasteiger partial charge < -0.3 is 9.84 Å². The van der Waals surface area contributed by atoms with Crippen LogP contribution in [0.4, 0.5) is 13.2 Å². The van der Waals surface area contributed by atoms with E-state index in [0.29, 0.717) is 6.04 Å². The second-order valence-electron chi connectivity index (χ2n) is 7.86. The molecule has 7 nitrogen and oxygen atoms in total. The number of aliphatic carboxylic acids is 1. The maximum absolute atomic E-state index is 10.6. The number of methoxy groups -OCH3 is 1. The van der Waals surface area contributed by atoms with E-state index in [1.807, 2.05) is 0 Å². The van der Waals surface area contributed by atoms with Gasteiger partial charge in [-0.3, -0.25) is 4.90 Å². The lowest BCUT2D eigenvalue weighted by Gasteiger charge is -2.39. The highest BCUT2D eigenvalue weighted by atomic mass is 19.4. The topological polar surface area (TPSA) is 80.5 Å². The number of alkyl halides is 3. The molecular formula is C18H27F3N4O3. The average molecular weight is 404 g/mol. The molecule has 2 saturated carbocycles. The maximum atomic E-state index is 10.6. The quantitative estimate of drug-likeness (QED) is 0.785. The summed E-state index contributed by atoms with van der Waals surface area (Å²) in [6.45, 7) is 4.16. The molecular weight excluding hydrogens is 377 g/mol. The summed E-state index contributed by atoms with van der Waals surface area (Å²) in [6, 6.07) is 0.312. The monoisotopic (exact) mass is 404 g/mol. The van der Waals surface area contributed by atoms with Gasteiger partial charge in [0.05, 0.1) is 18.3 Å². The molecule has 0 bridgehead atoms. The molecule has 4 rings (SSSR count). The van der Waals surface area contributed by atoms with E-state index < -0.39 is 12.1 Å². The molecule has 2 fully saturated rings. The van der Waals surface area contributed by atoms with Crippen LogP contribution in [0.25, 0.3) is 0 Å². The van der Waals surface area contributed by atoms with Crippen molar-refractivity contribution in [2.75, 3.05) is 26.8 Å². The van der Waals surface area contributed by atoms with Gasteiger partial charge in [-0.2, -0.15) is 13.2 Å². The number of nitrogens with zero attached hydrogens (tertiary/aromatic N) is 4. The zero-order valence-corrected chi connectivity index (χ0v) is 16.0. The molecule has 1 unspecified atom stereocenters. The summed E-state index contributed by atoms with van der Waals surface area (Å²) in [5.74, 6) is -1.01. The molecule has 10 heteroatoms. The molecule has 0 aromatic carbocycles. The van der Waals surface area contributed by atoms with Crippen LogP contribution in [0, 0.1) is 11.8 Å². The Hall–Kier alpha value is -1.68.